The molecule has 2 aromatic rings. The number of carbonyl (C=O) groups is 1. The average Bonchev–Trinajstić information content (AvgIpc) is 2.87. The molecule has 20 heavy (non-hydrogen) atoms. The summed E-state index contributed by atoms with van der Waals surface area (Å²) in [7, 11) is 0. The summed E-state index contributed by atoms with van der Waals surface area (Å²) in [6.45, 7) is 1.06. The summed E-state index contributed by atoms with van der Waals surface area (Å²) in [5.41, 5.74) is 7.57. The molecule has 2 N–H and O–H groups in total. The van der Waals surface area contributed by atoms with E-state index in [1.165, 1.54) is 0 Å². The predicted molar refractivity (Wildman–Crippen MR) is 76.0 cm³/mol. The van der Waals surface area contributed by atoms with Gasteiger partial charge in [0.15, 0.2) is 0 Å². The van der Waals surface area contributed by atoms with E-state index in [0.29, 0.717) is 30.8 Å². The minimum Gasteiger partial charge on any atom is -0.330 e. The summed E-state index contributed by atoms with van der Waals surface area (Å²) in [5, 5.41) is 10.2. The standard InChI is InChI=1S/C15H14N4O/c16-7-10-6-15(20)19(9-10)14-4-3-13-11(12(14)8-17)2-1-5-18-13/h1-5,10H,6-7,9,16H2. The summed E-state index contributed by atoms with van der Waals surface area (Å²) in [4.78, 5) is 18.0. The Bertz CT molecular complexity index is 719. The van der Waals surface area contributed by atoms with Gasteiger partial charge in [-0.2, -0.15) is 5.26 Å². The molecule has 1 aromatic heterocycles. The van der Waals surface area contributed by atoms with E-state index in [2.05, 4.69) is 11.1 Å². The highest BCUT2D eigenvalue weighted by atomic mass is 16.2. The molecule has 0 bridgehead atoms. The normalized spacial score (nSPS) is 18.5. The molecule has 0 saturated carbocycles. The number of anilines is 1. The first-order chi connectivity index (χ1) is 9.74. The highest BCUT2D eigenvalue weighted by molar-refractivity contribution is 6.01. The number of rotatable bonds is 2. The van der Waals surface area contributed by atoms with Crippen LogP contribution in [0.25, 0.3) is 10.9 Å². The second-order valence-electron chi connectivity index (χ2n) is 4.95. The van der Waals surface area contributed by atoms with E-state index < -0.39 is 0 Å². The van der Waals surface area contributed by atoms with Crippen molar-refractivity contribution < 1.29 is 4.79 Å². The second kappa shape index (κ2) is 4.91. The molecule has 1 saturated heterocycles. The van der Waals surface area contributed by atoms with E-state index in [1.807, 2.05) is 12.1 Å². The molecular formula is C15H14N4O. The Balaban J connectivity index is 2.13. The molecule has 0 radical (unpaired) electrons. The Morgan fingerprint density at radius 1 is 1.45 bits per heavy atom. The van der Waals surface area contributed by atoms with Crippen molar-refractivity contribution >= 4 is 22.5 Å². The summed E-state index contributed by atoms with van der Waals surface area (Å²) in [6, 6.07) is 9.49. The van der Waals surface area contributed by atoms with E-state index in [4.69, 9.17) is 5.73 Å². The van der Waals surface area contributed by atoms with Gasteiger partial charge in [0.2, 0.25) is 5.91 Å². The third-order valence-corrected chi connectivity index (χ3v) is 3.70. The zero-order valence-corrected chi connectivity index (χ0v) is 10.9. The number of nitrogens with zero attached hydrogens (tertiary/aromatic N) is 3. The number of pyridine rings is 1. The Hall–Kier alpha value is -2.45. The maximum absolute atomic E-state index is 12.1. The molecule has 1 fully saturated rings. The summed E-state index contributed by atoms with van der Waals surface area (Å²) in [5.74, 6) is 0.193. The van der Waals surface area contributed by atoms with Gasteiger partial charge < -0.3 is 10.6 Å². The van der Waals surface area contributed by atoms with Gasteiger partial charge in [0, 0.05) is 24.5 Å². The molecule has 0 aliphatic carbocycles. The molecule has 1 aromatic carbocycles. The first-order valence-electron chi connectivity index (χ1n) is 6.53. The van der Waals surface area contributed by atoms with Gasteiger partial charge in [-0.05, 0) is 36.7 Å². The van der Waals surface area contributed by atoms with Gasteiger partial charge in [-0.1, -0.05) is 0 Å². The van der Waals surface area contributed by atoms with Crippen molar-refractivity contribution in [3.05, 3.63) is 36.0 Å². The second-order valence-corrected chi connectivity index (χ2v) is 4.95. The van der Waals surface area contributed by atoms with Crippen LogP contribution in [0.2, 0.25) is 0 Å². The number of benzene rings is 1. The van der Waals surface area contributed by atoms with Gasteiger partial charge in [-0.25, -0.2) is 0 Å². The predicted octanol–water partition coefficient (Wildman–Crippen LogP) is 1.42. The van der Waals surface area contributed by atoms with Gasteiger partial charge >= 0.3 is 0 Å². The minimum absolute atomic E-state index is 0.0280. The van der Waals surface area contributed by atoms with Crippen LogP contribution in [0.3, 0.4) is 0 Å². The quantitative estimate of drug-likeness (QED) is 0.891. The molecule has 1 unspecified atom stereocenters. The molecule has 1 aliphatic rings. The Labute approximate surface area is 116 Å². The first kappa shape index (κ1) is 12.6. The summed E-state index contributed by atoms with van der Waals surface area (Å²) >= 11 is 0. The zero-order valence-electron chi connectivity index (χ0n) is 10.9. The van der Waals surface area contributed by atoms with Crippen molar-refractivity contribution in [1.82, 2.24) is 4.98 Å². The smallest absolute Gasteiger partial charge is 0.227 e. The number of nitrogens with two attached hydrogens (primary N) is 1. The minimum atomic E-state index is 0.0280. The third-order valence-electron chi connectivity index (χ3n) is 3.70. The molecule has 5 nitrogen and oxygen atoms in total. The lowest BCUT2D eigenvalue weighted by molar-refractivity contribution is -0.117. The van der Waals surface area contributed by atoms with Gasteiger partial charge in [-0.3, -0.25) is 9.78 Å². The lowest BCUT2D eigenvalue weighted by atomic mass is 10.1. The third kappa shape index (κ3) is 1.91. The fourth-order valence-corrected chi connectivity index (χ4v) is 2.66. The van der Waals surface area contributed by atoms with E-state index in [0.717, 1.165) is 10.9 Å². The van der Waals surface area contributed by atoms with Crippen molar-refractivity contribution in [3.8, 4) is 6.07 Å². The topological polar surface area (TPSA) is 83.0 Å². The SMILES string of the molecule is N#Cc1c(N2CC(CN)CC2=O)ccc2ncccc12. The van der Waals surface area contributed by atoms with Crippen LogP contribution in [-0.4, -0.2) is 24.0 Å². The van der Waals surface area contributed by atoms with Crippen LogP contribution in [-0.2, 0) is 4.79 Å². The van der Waals surface area contributed by atoms with Crippen LogP contribution in [0, 0.1) is 17.2 Å². The van der Waals surface area contributed by atoms with Crippen molar-refractivity contribution in [3.63, 3.8) is 0 Å². The highest BCUT2D eigenvalue weighted by Crippen LogP contribution is 2.31. The molecule has 1 atom stereocenters. The molecule has 0 spiro atoms. The summed E-state index contributed by atoms with van der Waals surface area (Å²) < 4.78 is 0. The van der Waals surface area contributed by atoms with Crippen LogP contribution in [0.1, 0.15) is 12.0 Å². The van der Waals surface area contributed by atoms with Crippen LogP contribution in [0.5, 0.6) is 0 Å². The molecular weight excluding hydrogens is 252 g/mol. The number of carbonyl (C=O) groups excluding carboxylic acids is 1. The Kier molecular flexibility index (Phi) is 3.09. The van der Waals surface area contributed by atoms with Crippen LogP contribution in [0.15, 0.2) is 30.5 Å². The van der Waals surface area contributed by atoms with E-state index >= 15 is 0 Å². The Morgan fingerprint density at radius 3 is 3.00 bits per heavy atom. The first-order valence-corrected chi connectivity index (χ1v) is 6.53. The van der Waals surface area contributed by atoms with Gasteiger partial charge in [-0.15, -0.1) is 0 Å². The van der Waals surface area contributed by atoms with Gasteiger partial charge in [0.1, 0.15) is 6.07 Å². The van der Waals surface area contributed by atoms with Gasteiger partial charge in [0.25, 0.3) is 0 Å². The van der Waals surface area contributed by atoms with Crippen molar-refractivity contribution in [2.75, 3.05) is 18.0 Å². The lowest BCUT2D eigenvalue weighted by Crippen LogP contribution is -2.26. The molecule has 1 amide bonds. The number of aromatic nitrogens is 1. The number of fused-ring (bicyclic) bond motifs is 1. The number of nitriles is 1. The average molecular weight is 266 g/mol. The molecule has 2 heterocycles. The van der Waals surface area contributed by atoms with Crippen molar-refractivity contribution in [2.24, 2.45) is 11.7 Å². The Morgan fingerprint density at radius 2 is 2.30 bits per heavy atom. The van der Waals surface area contributed by atoms with Crippen molar-refractivity contribution in [2.45, 2.75) is 6.42 Å². The zero-order chi connectivity index (χ0) is 14.1. The largest absolute Gasteiger partial charge is 0.330 e. The van der Waals surface area contributed by atoms with Crippen LogP contribution >= 0.6 is 0 Å². The molecule has 100 valence electrons. The van der Waals surface area contributed by atoms with E-state index in [9.17, 15) is 10.1 Å². The maximum Gasteiger partial charge on any atom is 0.227 e. The van der Waals surface area contributed by atoms with Gasteiger partial charge in [0.05, 0.1) is 16.8 Å². The lowest BCUT2D eigenvalue weighted by Gasteiger charge is -2.18. The summed E-state index contributed by atoms with van der Waals surface area (Å²) in [6.07, 6.45) is 2.14. The molecule has 5 heteroatoms. The van der Waals surface area contributed by atoms with Crippen molar-refractivity contribution in [1.29, 1.82) is 5.26 Å². The van der Waals surface area contributed by atoms with Crippen LogP contribution in [0.4, 0.5) is 5.69 Å². The monoisotopic (exact) mass is 266 g/mol. The fourth-order valence-electron chi connectivity index (χ4n) is 2.66. The van der Waals surface area contributed by atoms with Crippen LogP contribution < -0.4 is 10.6 Å². The number of hydrogen-bond acceptors (Lipinski definition) is 4. The van der Waals surface area contributed by atoms with E-state index in [-0.39, 0.29) is 11.8 Å². The number of amides is 1. The number of hydrogen-bond donors (Lipinski definition) is 1. The fraction of sp³-hybridized carbons (Fsp3) is 0.267. The molecule has 1 aliphatic heterocycles. The maximum atomic E-state index is 12.1. The van der Waals surface area contributed by atoms with E-state index in [1.54, 1.807) is 23.2 Å². The molecule has 3 rings (SSSR count). The highest BCUT2D eigenvalue weighted by Gasteiger charge is 2.31.